The second-order valence-electron chi connectivity index (χ2n) is 19.9. The maximum Gasteiger partial charge on any atom is 0.306 e. The summed E-state index contributed by atoms with van der Waals surface area (Å²) in [6, 6.07) is 0. The summed E-state index contributed by atoms with van der Waals surface area (Å²) in [7, 11) is 5.93. The molecule has 0 aliphatic carbocycles. The summed E-state index contributed by atoms with van der Waals surface area (Å²) in [5.41, 5.74) is 0. The van der Waals surface area contributed by atoms with Crippen LogP contribution in [0, 0.1) is 0 Å². The van der Waals surface area contributed by atoms with Gasteiger partial charge in [-0.15, -0.1) is 0 Å². The van der Waals surface area contributed by atoms with Crippen molar-refractivity contribution in [2.24, 2.45) is 0 Å². The van der Waals surface area contributed by atoms with Gasteiger partial charge in [-0.1, -0.05) is 245 Å². The Hall–Kier alpha value is -1.71. The fraction of sp³-hybridized carbons (Fsp3) is 0.944. The standard InChI is InChI=1S/C54H105NO8/c1-6-8-10-12-14-16-18-20-22-24-25-26-27-28-29-31-33-35-37-39-41-43-45-52(57)63-50(49-62-54(53(58)59)60-47-46-55(3,4)5)48-61-51(56)44-42-40-38-36-34-32-30-23-21-19-17-15-13-11-9-7-2/h50,54H,6-49H2,1-5H3. The molecule has 2 unspecified atom stereocenters. The van der Waals surface area contributed by atoms with E-state index < -0.39 is 24.3 Å². The molecule has 0 saturated heterocycles. The predicted octanol–water partition coefficient (Wildman–Crippen LogP) is 13.9. The van der Waals surface area contributed by atoms with Gasteiger partial charge in [-0.3, -0.25) is 9.59 Å². The van der Waals surface area contributed by atoms with Crippen LogP contribution in [0.25, 0.3) is 0 Å². The molecule has 0 saturated carbocycles. The molecule has 374 valence electrons. The first-order chi connectivity index (χ1) is 30.6. The van der Waals surface area contributed by atoms with Crippen LogP contribution < -0.4 is 5.11 Å². The Bertz CT molecular complexity index is 1000. The fourth-order valence-electron chi connectivity index (χ4n) is 8.13. The van der Waals surface area contributed by atoms with Crippen molar-refractivity contribution in [1.82, 2.24) is 0 Å². The number of aliphatic carboxylic acids is 1. The minimum Gasteiger partial charge on any atom is -0.545 e. The number of likely N-dealkylation sites (N-methyl/N-ethyl adjacent to an activating group) is 1. The van der Waals surface area contributed by atoms with Crippen molar-refractivity contribution < 1.29 is 42.9 Å². The molecule has 0 aliphatic rings. The molecular formula is C54H105NO8. The highest BCUT2D eigenvalue weighted by Gasteiger charge is 2.22. The molecule has 0 radical (unpaired) electrons. The first-order valence-electron chi connectivity index (χ1n) is 27.2. The van der Waals surface area contributed by atoms with Gasteiger partial charge in [-0.25, -0.2) is 0 Å². The van der Waals surface area contributed by atoms with E-state index in [2.05, 4.69) is 13.8 Å². The molecule has 63 heavy (non-hydrogen) atoms. The van der Waals surface area contributed by atoms with Crippen molar-refractivity contribution in [2.75, 3.05) is 47.5 Å². The third kappa shape index (κ3) is 48.1. The number of rotatable bonds is 51. The van der Waals surface area contributed by atoms with Gasteiger partial charge < -0.3 is 33.3 Å². The van der Waals surface area contributed by atoms with Gasteiger partial charge in [0.1, 0.15) is 13.2 Å². The SMILES string of the molecule is CCCCCCCCCCCCCCCCCCCCCCCCC(=O)OC(COC(=O)CCCCCCCCCCCCCCCCCC)COC(OCC[N+](C)(C)C)C(=O)[O-]. The van der Waals surface area contributed by atoms with Crippen molar-refractivity contribution in [3.63, 3.8) is 0 Å². The topological polar surface area (TPSA) is 111 Å². The fourth-order valence-corrected chi connectivity index (χ4v) is 8.13. The summed E-state index contributed by atoms with van der Waals surface area (Å²) < 4.78 is 22.7. The van der Waals surface area contributed by atoms with Crippen molar-refractivity contribution in [2.45, 2.75) is 283 Å². The highest BCUT2D eigenvalue weighted by atomic mass is 16.7. The summed E-state index contributed by atoms with van der Waals surface area (Å²) >= 11 is 0. The lowest BCUT2D eigenvalue weighted by Crippen LogP contribution is -2.44. The third-order valence-electron chi connectivity index (χ3n) is 12.4. The van der Waals surface area contributed by atoms with E-state index >= 15 is 0 Å². The zero-order valence-electron chi connectivity index (χ0n) is 42.5. The summed E-state index contributed by atoms with van der Waals surface area (Å²) in [5.74, 6) is -2.25. The first kappa shape index (κ1) is 61.3. The van der Waals surface area contributed by atoms with Crippen LogP contribution in [0.5, 0.6) is 0 Å². The Morgan fingerprint density at radius 2 is 0.714 bits per heavy atom. The highest BCUT2D eigenvalue weighted by Crippen LogP contribution is 2.17. The molecule has 0 N–H and O–H groups in total. The predicted molar refractivity (Wildman–Crippen MR) is 260 cm³/mol. The molecular weight excluding hydrogens is 791 g/mol. The average molecular weight is 896 g/mol. The number of carbonyl (C=O) groups excluding carboxylic acids is 3. The Labute approximate surface area is 390 Å². The molecule has 2 atom stereocenters. The van der Waals surface area contributed by atoms with Gasteiger partial charge in [0.15, 0.2) is 12.4 Å². The molecule has 0 aliphatic heterocycles. The zero-order chi connectivity index (χ0) is 46.3. The number of hydrogen-bond acceptors (Lipinski definition) is 8. The number of carboxylic acids is 1. The molecule has 9 nitrogen and oxygen atoms in total. The molecule has 9 heteroatoms. The highest BCUT2D eigenvalue weighted by molar-refractivity contribution is 5.70. The lowest BCUT2D eigenvalue weighted by Gasteiger charge is -2.26. The smallest absolute Gasteiger partial charge is 0.306 e. The van der Waals surface area contributed by atoms with Gasteiger partial charge in [0.25, 0.3) is 0 Å². The van der Waals surface area contributed by atoms with E-state index in [1.165, 1.54) is 205 Å². The number of carboxylic acid groups (broad SMARTS) is 1. The molecule has 0 bridgehead atoms. The van der Waals surface area contributed by atoms with Crippen LogP contribution in [0.4, 0.5) is 0 Å². The van der Waals surface area contributed by atoms with Crippen LogP contribution in [0.2, 0.25) is 0 Å². The van der Waals surface area contributed by atoms with Gasteiger partial charge in [0, 0.05) is 12.8 Å². The van der Waals surface area contributed by atoms with E-state index in [1.807, 2.05) is 21.1 Å². The number of ether oxygens (including phenoxy) is 4. The van der Waals surface area contributed by atoms with Crippen LogP contribution in [-0.2, 0) is 33.3 Å². The zero-order valence-corrected chi connectivity index (χ0v) is 42.5. The molecule has 0 aromatic carbocycles. The Balaban J connectivity index is 4.23. The van der Waals surface area contributed by atoms with Crippen LogP contribution in [0.15, 0.2) is 0 Å². The third-order valence-corrected chi connectivity index (χ3v) is 12.4. The minimum absolute atomic E-state index is 0.153. The molecule has 0 spiro atoms. The lowest BCUT2D eigenvalue weighted by molar-refractivity contribution is -0.870. The first-order valence-corrected chi connectivity index (χ1v) is 27.2. The van der Waals surface area contributed by atoms with E-state index in [-0.39, 0.29) is 32.2 Å². The van der Waals surface area contributed by atoms with E-state index in [0.717, 1.165) is 38.5 Å². The second-order valence-corrected chi connectivity index (χ2v) is 19.9. The molecule has 0 rings (SSSR count). The van der Waals surface area contributed by atoms with Crippen LogP contribution >= 0.6 is 0 Å². The number of quaternary nitrogens is 1. The average Bonchev–Trinajstić information content (AvgIpc) is 3.24. The Kier molecular flexibility index (Phi) is 45.5. The maximum atomic E-state index is 12.8. The second kappa shape index (κ2) is 46.8. The number of nitrogens with zero attached hydrogens (tertiary/aromatic N) is 1. The molecule has 0 heterocycles. The van der Waals surface area contributed by atoms with Crippen molar-refractivity contribution in [3.05, 3.63) is 0 Å². The molecule has 0 amide bonds. The van der Waals surface area contributed by atoms with Gasteiger partial charge in [0.05, 0.1) is 40.3 Å². The normalized spacial score (nSPS) is 12.7. The van der Waals surface area contributed by atoms with Crippen molar-refractivity contribution in [1.29, 1.82) is 0 Å². The van der Waals surface area contributed by atoms with Gasteiger partial charge in [-0.05, 0) is 12.8 Å². The minimum atomic E-state index is -1.61. The lowest BCUT2D eigenvalue weighted by atomic mass is 10.0. The van der Waals surface area contributed by atoms with Crippen molar-refractivity contribution in [3.8, 4) is 0 Å². The number of hydrogen-bond donors (Lipinski definition) is 0. The molecule has 0 aromatic heterocycles. The molecule has 0 aromatic rings. The van der Waals surface area contributed by atoms with E-state index in [4.69, 9.17) is 18.9 Å². The Morgan fingerprint density at radius 3 is 1.02 bits per heavy atom. The van der Waals surface area contributed by atoms with Crippen LogP contribution in [0.1, 0.15) is 271 Å². The number of carbonyl (C=O) groups is 3. The van der Waals surface area contributed by atoms with Crippen molar-refractivity contribution >= 4 is 17.9 Å². The van der Waals surface area contributed by atoms with Crippen LogP contribution in [0.3, 0.4) is 0 Å². The quantitative estimate of drug-likeness (QED) is 0.0257. The molecule has 0 fully saturated rings. The largest absolute Gasteiger partial charge is 0.545 e. The number of esters is 2. The Morgan fingerprint density at radius 1 is 0.413 bits per heavy atom. The van der Waals surface area contributed by atoms with E-state index in [1.54, 1.807) is 0 Å². The number of unbranched alkanes of at least 4 members (excludes halogenated alkanes) is 36. The summed E-state index contributed by atoms with van der Waals surface area (Å²) in [6.45, 7) is 4.81. The van der Waals surface area contributed by atoms with E-state index in [0.29, 0.717) is 17.4 Å². The summed E-state index contributed by atoms with van der Waals surface area (Å²) in [5, 5.41) is 11.7. The van der Waals surface area contributed by atoms with Gasteiger partial charge >= 0.3 is 11.9 Å². The summed E-state index contributed by atoms with van der Waals surface area (Å²) in [4.78, 5) is 37.2. The monoisotopic (exact) mass is 896 g/mol. The summed E-state index contributed by atoms with van der Waals surface area (Å²) in [6.07, 6.45) is 47.1. The van der Waals surface area contributed by atoms with Gasteiger partial charge in [0.2, 0.25) is 0 Å². The van der Waals surface area contributed by atoms with Gasteiger partial charge in [-0.2, -0.15) is 0 Å². The maximum absolute atomic E-state index is 12.8. The van der Waals surface area contributed by atoms with Crippen LogP contribution in [-0.4, -0.2) is 82.3 Å². The van der Waals surface area contributed by atoms with E-state index in [9.17, 15) is 19.5 Å².